The Labute approximate surface area is 179 Å². The largest absolute Gasteiger partial charge is 0.348 e. The van der Waals surface area contributed by atoms with Gasteiger partial charge in [0.1, 0.15) is 17.3 Å². The van der Waals surface area contributed by atoms with Crippen LogP contribution in [0, 0.1) is 11.6 Å². The third-order valence-electron chi connectivity index (χ3n) is 4.96. The lowest BCUT2D eigenvalue weighted by molar-refractivity contribution is 0.0772. The molecule has 0 saturated carbocycles. The zero-order chi connectivity index (χ0) is 22.5. The standard InChI is InChI=1S/C23H24F2N4O2/c1-4-29(5-2)23(31)16-8-6-15(7-9-16)13-26-22(30)19-14-28(3)27-21(19)18-11-10-17(24)12-20(18)25/h6-12,14H,4-5,13H2,1-3H3,(H,26,30). The number of carbonyl (C=O) groups excluding carboxylic acids is 2. The van der Waals surface area contributed by atoms with Crippen LogP contribution in [-0.2, 0) is 13.6 Å². The summed E-state index contributed by atoms with van der Waals surface area (Å²) in [5.41, 5.74) is 1.76. The quantitative estimate of drug-likeness (QED) is 0.625. The fraction of sp³-hybridized carbons (Fsp3) is 0.261. The first kappa shape index (κ1) is 22.1. The molecule has 2 aromatic carbocycles. The summed E-state index contributed by atoms with van der Waals surface area (Å²) < 4.78 is 28.8. The number of nitrogens with one attached hydrogen (secondary N) is 1. The molecule has 1 aromatic heterocycles. The summed E-state index contributed by atoms with van der Waals surface area (Å²) in [6.07, 6.45) is 1.49. The molecule has 0 aliphatic heterocycles. The molecule has 8 heteroatoms. The molecule has 3 rings (SSSR count). The zero-order valence-electron chi connectivity index (χ0n) is 17.7. The van der Waals surface area contributed by atoms with Gasteiger partial charge in [-0.15, -0.1) is 0 Å². The van der Waals surface area contributed by atoms with Gasteiger partial charge in [-0.3, -0.25) is 14.3 Å². The summed E-state index contributed by atoms with van der Waals surface area (Å²) in [6.45, 7) is 5.34. The van der Waals surface area contributed by atoms with Gasteiger partial charge < -0.3 is 10.2 Å². The maximum Gasteiger partial charge on any atom is 0.255 e. The fourth-order valence-corrected chi connectivity index (χ4v) is 3.27. The van der Waals surface area contributed by atoms with Crippen LogP contribution < -0.4 is 5.32 Å². The van der Waals surface area contributed by atoms with Crippen molar-refractivity contribution in [2.45, 2.75) is 20.4 Å². The molecule has 31 heavy (non-hydrogen) atoms. The van der Waals surface area contributed by atoms with Crippen LogP contribution in [0.25, 0.3) is 11.3 Å². The lowest BCUT2D eigenvalue weighted by Crippen LogP contribution is -2.30. The van der Waals surface area contributed by atoms with Gasteiger partial charge in [0.05, 0.1) is 5.56 Å². The van der Waals surface area contributed by atoms with E-state index in [9.17, 15) is 18.4 Å². The van der Waals surface area contributed by atoms with Crippen molar-refractivity contribution in [3.63, 3.8) is 0 Å². The number of aryl methyl sites for hydroxylation is 1. The van der Waals surface area contributed by atoms with Crippen LogP contribution in [0.3, 0.4) is 0 Å². The van der Waals surface area contributed by atoms with E-state index in [0.29, 0.717) is 18.7 Å². The van der Waals surface area contributed by atoms with Crippen molar-refractivity contribution in [3.05, 3.63) is 77.0 Å². The minimum Gasteiger partial charge on any atom is -0.348 e. The molecule has 3 aromatic rings. The summed E-state index contributed by atoms with van der Waals surface area (Å²) in [5, 5.41) is 6.94. The van der Waals surface area contributed by atoms with Gasteiger partial charge in [0.15, 0.2) is 0 Å². The highest BCUT2D eigenvalue weighted by Gasteiger charge is 2.20. The van der Waals surface area contributed by atoms with Gasteiger partial charge in [0.2, 0.25) is 0 Å². The summed E-state index contributed by atoms with van der Waals surface area (Å²) >= 11 is 0. The number of benzene rings is 2. The van der Waals surface area contributed by atoms with Crippen molar-refractivity contribution in [1.82, 2.24) is 20.0 Å². The van der Waals surface area contributed by atoms with E-state index < -0.39 is 17.5 Å². The van der Waals surface area contributed by atoms with Crippen LogP contribution in [0.2, 0.25) is 0 Å². The van der Waals surface area contributed by atoms with Crippen LogP contribution in [0.4, 0.5) is 8.78 Å². The molecule has 0 radical (unpaired) electrons. The minimum atomic E-state index is -0.791. The highest BCUT2D eigenvalue weighted by atomic mass is 19.1. The van der Waals surface area contributed by atoms with Crippen molar-refractivity contribution in [2.75, 3.05) is 13.1 Å². The highest BCUT2D eigenvalue weighted by molar-refractivity contribution is 5.99. The predicted octanol–water partition coefficient (Wildman–Crippen LogP) is 3.78. The second-order valence-electron chi connectivity index (χ2n) is 7.05. The minimum absolute atomic E-state index is 0.0399. The number of hydrogen-bond acceptors (Lipinski definition) is 3. The monoisotopic (exact) mass is 426 g/mol. The van der Waals surface area contributed by atoms with Crippen LogP contribution in [0.5, 0.6) is 0 Å². The molecular formula is C23H24F2N4O2. The summed E-state index contributed by atoms with van der Waals surface area (Å²) in [5.74, 6) is -1.97. The smallest absolute Gasteiger partial charge is 0.255 e. The number of nitrogens with zero attached hydrogens (tertiary/aromatic N) is 3. The van der Waals surface area contributed by atoms with E-state index in [2.05, 4.69) is 10.4 Å². The van der Waals surface area contributed by atoms with Crippen molar-refractivity contribution in [2.24, 2.45) is 7.05 Å². The predicted molar refractivity (Wildman–Crippen MR) is 113 cm³/mol. The van der Waals surface area contributed by atoms with Crippen LogP contribution in [0.15, 0.2) is 48.7 Å². The van der Waals surface area contributed by atoms with Crippen LogP contribution in [-0.4, -0.2) is 39.6 Å². The Bertz CT molecular complexity index is 1090. The van der Waals surface area contributed by atoms with E-state index in [-0.39, 0.29) is 29.3 Å². The van der Waals surface area contributed by atoms with Gasteiger partial charge >= 0.3 is 0 Å². The highest BCUT2D eigenvalue weighted by Crippen LogP contribution is 2.25. The van der Waals surface area contributed by atoms with E-state index >= 15 is 0 Å². The third-order valence-corrected chi connectivity index (χ3v) is 4.96. The molecule has 0 bridgehead atoms. The third kappa shape index (κ3) is 4.96. The number of carbonyl (C=O) groups is 2. The second-order valence-corrected chi connectivity index (χ2v) is 7.05. The normalized spacial score (nSPS) is 10.7. The SMILES string of the molecule is CCN(CC)C(=O)c1ccc(CNC(=O)c2cn(C)nc2-c2ccc(F)cc2F)cc1. The van der Waals surface area contributed by atoms with Gasteiger partial charge in [0, 0.05) is 50.1 Å². The Kier molecular flexibility index (Phi) is 6.79. The molecule has 0 fully saturated rings. The lowest BCUT2D eigenvalue weighted by Gasteiger charge is -2.18. The Morgan fingerprint density at radius 1 is 1.06 bits per heavy atom. The van der Waals surface area contributed by atoms with Gasteiger partial charge in [-0.2, -0.15) is 5.10 Å². The maximum absolute atomic E-state index is 14.2. The van der Waals surface area contributed by atoms with Gasteiger partial charge in [-0.05, 0) is 43.7 Å². The van der Waals surface area contributed by atoms with Crippen molar-refractivity contribution in [3.8, 4) is 11.3 Å². The molecule has 0 spiro atoms. The molecule has 0 atom stereocenters. The van der Waals surface area contributed by atoms with Crippen molar-refractivity contribution < 1.29 is 18.4 Å². The first-order valence-electron chi connectivity index (χ1n) is 9.99. The number of hydrogen-bond donors (Lipinski definition) is 1. The Hall–Kier alpha value is -3.55. The van der Waals surface area contributed by atoms with Crippen molar-refractivity contribution in [1.29, 1.82) is 0 Å². The van der Waals surface area contributed by atoms with E-state index in [1.165, 1.54) is 16.9 Å². The van der Waals surface area contributed by atoms with E-state index in [1.807, 2.05) is 13.8 Å². The first-order valence-corrected chi connectivity index (χ1v) is 9.99. The first-order chi connectivity index (χ1) is 14.8. The van der Waals surface area contributed by atoms with Gasteiger partial charge in [-0.25, -0.2) is 8.78 Å². The zero-order valence-corrected chi connectivity index (χ0v) is 17.7. The van der Waals surface area contributed by atoms with Gasteiger partial charge in [0.25, 0.3) is 11.8 Å². The lowest BCUT2D eigenvalue weighted by atomic mass is 10.1. The Balaban J connectivity index is 1.73. The molecule has 6 nitrogen and oxygen atoms in total. The summed E-state index contributed by atoms with van der Waals surface area (Å²) in [6, 6.07) is 10.1. The number of amides is 2. The van der Waals surface area contributed by atoms with E-state index in [0.717, 1.165) is 17.7 Å². The Morgan fingerprint density at radius 2 is 1.74 bits per heavy atom. The van der Waals surface area contributed by atoms with E-state index in [4.69, 9.17) is 0 Å². The second kappa shape index (κ2) is 9.51. The van der Waals surface area contributed by atoms with Crippen molar-refractivity contribution >= 4 is 11.8 Å². The summed E-state index contributed by atoms with van der Waals surface area (Å²) in [4.78, 5) is 26.8. The van der Waals surface area contributed by atoms with Gasteiger partial charge in [-0.1, -0.05) is 12.1 Å². The number of aromatic nitrogens is 2. The van der Waals surface area contributed by atoms with E-state index in [1.54, 1.807) is 36.2 Å². The molecule has 2 amide bonds. The fourth-order valence-electron chi connectivity index (χ4n) is 3.27. The average molecular weight is 426 g/mol. The molecule has 0 saturated heterocycles. The number of rotatable bonds is 7. The molecule has 1 heterocycles. The maximum atomic E-state index is 14.2. The number of halogens is 2. The topological polar surface area (TPSA) is 67.2 Å². The van der Waals surface area contributed by atoms with Crippen LogP contribution in [0.1, 0.15) is 40.1 Å². The molecule has 0 aliphatic rings. The summed E-state index contributed by atoms with van der Waals surface area (Å²) in [7, 11) is 1.62. The van der Waals surface area contributed by atoms with Crippen LogP contribution >= 0.6 is 0 Å². The molecule has 0 aliphatic carbocycles. The molecular weight excluding hydrogens is 402 g/mol. The molecule has 162 valence electrons. The molecule has 1 N–H and O–H groups in total. The Morgan fingerprint density at radius 3 is 2.35 bits per heavy atom. The molecule has 0 unspecified atom stereocenters. The average Bonchev–Trinajstić information content (AvgIpc) is 3.14.